The summed E-state index contributed by atoms with van der Waals surface area (Å²) in [7, 11) is 2.57. The van der Waals surface area contributed by atoms with Crippen molar-refractivity contribution in [1.29, 1.82) is 15.8 Å². The van der Waals surface area contributed by atoms with E-state index in [1.807, 2.05) is 6.07 Å². The summed E-state index contributed by atoms with van der Waals surface area (Å²) in [6.45, 7) is 9.50. The number of rotatable bonds is 2. The van der Waals surface area contributed by atoms with Gasteiger partial charge < -0.3 is 44.6 Å². The third kappa shape index (κ3) is 9.16. The number of anilines is 2. The molecule has 0 atom stereocenters. The molecule has 0 radical (unpaired) electrons. The van der Waals surface area contributed by atoms with Crippen molar-refractivity contribution in [2.45, 2.75) is 0 Å². The number of nitrogens with two attached hydrogens (primary N) is 2. The van der Waals surface area contributed by atoms with Crippen molar-refractivity contribution in [2.24, 2.45) is 0 Å². The van der Waals surface area contributed by atoms with Crippen LogP contribution in [-0.4, -0.2) is 26.2 Å². The Morgan fingerprint density at radius 1 is 0.900 bits per heavy atom. The van der Waals surface area contributed by atoms with Crippen LogP contribution in [0.25, 0.3) is 0 Å². The Hall–Kier alpha value is -3.45. The Morgan fingerprint density at radius 3 is 1.70 bits per heavy atom. The van der Waals surface area contributed by atoms with Gasteiger partial charge in [0, 0.05) is 15.8 Å². The molecule has 0 heterocycles. The van der Waals surface area contributed by atoms with Crippen LogP contribution < -0.4 is 11.5 Å². The van der Waals surface area contributed by atoms with Crippen molar-refractivity contribution < 1.29 is 38.5 Å². The number of nitrogens with zero attached hydrogens (tertiary/aromatic N) is 3. The van der Waals surface area contributed by atoms with Gasteiger partial charge >= 0.3 is 31.4 Å². The number of nitriles is 1. The summed E-state index contributed by atoms with van der Waals surface area (Å²) in [6, 6.07) is 11.7. The molecule has 9 nitrogen and oxygen atoms in total. The molecule has 0 aromatic heterocycles. The Morgan fingerprint density at radius 2 is 1.30 bits per heavy atom. The zero-order valence-corrected chi connectivity index (χ0v) is 20.7. The van der Waals surface area contributed by atoms with Crippen LogP contribution in [0.2, 0.25) is 0 Å². The van der Waals surface area contributed by atoms with Crippen molar-refractivity contribution in [1.82, 2.24) is 0 Å². The average Bonchev–Trinajstić information content (AvgIpc) is 2.76. The van der Waals surface area contributed by atoms with Gasteiger partial charge in [0.1, 0.15) is 11.6 Å². The molecule has 0 aliphatic heterocycles. The van der Waals surface area contributed by atoms with Crippen molar-refractivity contribution in [3.05, 3.63) is 70.7 Å². The molecule has 11 heteroatoms. The summed E-state index contributed by atoms with van der Waals surface area (Å²) in [6.07, 6.45) is 0. The molecule has 30 heavy (non-hydrogen) atoms. The number of hydrogen-bond donors (Lipinski definition) is 2. The van der Waals surface area contributed by atoms with Gasteiger partial charge in [0.25, 0.3) is 0 Å². The molecule has 2 aromatic carbocycles. The van der Waals surface area contributed by atoms with Gasteiger partial charge in [-0.3, -0.25) is 0 Å². The van der Waals surface area contributed by atoms with Crippen LogP contribution in [-0.2, 0) is 29.0 Å². The first-order valence-corrected chi connectivity index (χ1v) is 8.10. The number of carbonyl (C=O) groups is 2. The van der Waals surface area contributed by atoms with Gasteiger partial charge in [-0.15, -0.1) is 0 Å². The molecule has 0 amide bonds. The van der Waals surface area contributed by atoms with Crippen LogP contribution in [0.15, 0.2) is 40.9 Å². The summed E-state index contributed by atoms with van der Waals surface area (Å²) in [5.74, 6) is -1.02. The zero-order chi connectivity index (χ0) is 23.0. The first-order chi connectivity index (χ1) is 13.9. The minimum absolute atomic E-state index is 0. The first-order valence-electron chi connectivity index (χ1n) is 7.31. The number of esters is 2. The number of ether oxygens (including phenoxy) is 2. The van der Waals surface area contributed by atoms with E-state index in [0.29, 0.717) is 15.7 Å². The fourth-order valence-electron chi connectivity index (χ4n) is 1.85. The van der Waals surface area contributed by atoms with Crippen LogP contribution >= 0.6 is 15.9 Å². The van der Waals surface area contributed by atoms with Gasteiger partial charge in [-0.25, -0.2) is 9.59 Å². The molecule has 0 bridgehead atoms. The number of hydrogen-bond acceptors (Lipinski definition) is 9. The number of methoxy groups -OCH3 is 2. The number of nitrogen functional groups attached to an aromatic ring is 2. The Balaban J connectivity index is -0.000000406. The standard InChI is InChI=1S/C9H8N2O2.C8H8BrNO2.2CN.Zn/c1-13-9(12)8-6(5-10)3-2-4-7(8)11;1-12-8(11)7-5(9)3-2-4-6(7)10;2*1-2;/h2-4H,11H2,1H3;2-4H,10H2,1H3;;;/q;;2*-1;+2. The van der Waals surface area contributed by atoms with E-state index >= 15 is 0 Å². The predicted molar refractivity (Wildman–Crippen MR) is 107 cm³/mol. The predicted octanol–water partition coefficient (Wildman–Crippen LogP) is 2.94. The number of halogens is 1. The number of carbonyl (C=O) groups excluding carboxylic acids is 2. The van der Waals surface area contributed by atoms with Crippen LogP contribution in [0.3, 0.4) is 0 Å². The number of benzene rings is 2. The Labute approximate surface area is 195 Å². The molecule has 2 rings (SSSR count). The second-order valence-corrected chi connectivity index (χ2v) is 5.42. The summed E-state index contributed by atoms with van der Waals surface area (Å²) in [5.41, 5.74) is 12.5. The smallest absolute Gasteiger partial charge is 0.512 e. The van der Waals surface area contributed by atoms with Crippen molar-refractivity contribution in [3.8, 4) is 6.07 Å². The van der Waals surface area contributed by atoms with E-state index in [9.17, 15) is 9.59 Å². The Bertz CT molecular complexity index is 900. The van der Waals surface area contributed by atoms with E-state index in [1.165, 1.54) is 20.3 Å². The van der Waals surface area contributed by atoms with E-state index in [4.69, 9.17) is 40.4 Å². The second kappa shape index (κ2) is 17.6. The third-order valence-electron chi connectivity index (χ3n) is 3.04. The quantitative estimate of drug-likeness (QED) is 0.259. The molecular weight excluding hydrogens is 508 g/mol. The average molecular weight is 524 g/mol. The maximum absolute atomic E-state index is 11.2. The maximum atomic E-state index is 11.2. The van der Waals surface area contributed by atoms with Crippen LogP contribution in [0.5, 0.6) is 0 Å². The van der Waals surface area contributed by atoms with E-state index in [1.54, 1.807) is 30.3 Å². The SMILES string of the molecule is COC(=O)c1c(N)cccc1Br.COC(=O)c1c(N)cccc1C#N.[C-]#N.[C-]#N.[Zn+2]. The topological polar surface area (TPSA) is 176 Å². The van der Waals surface area contributed by atoms with E-state index in [-0.39, 0.29) is 36.3 Å². The van der Waals surface area contributed by atoms with Crippen LogP contribution in [0, 0.1) is 35.0 Å². The zero-order valence-electron chi connectivity index (χ0n) is 16.2. The monoisotopic (exact) mass is 521 g/mol. The molecule has 0 aliphatic rings. The van der Waals surface area contributed by atoms with Crippen molar-refractivity contribution in [2.75, 3.05) is 25.7 Å². The molecule has 0 spiro atoms. The second-order valence-electron chi connectivity index (χ2n) is 4.57. The van der Waals surface area contributed by atoms with Gasteiger partial charge in [-0.05, 0) is 40.2 Å². The summed E-state index contributed by atoms with van der Waals surface area (Å²) >= 11 is 3.21. The largest absolute Gasteiger partial charge is 2.00 e. The van der Waals surface area contributed by atoms with E-state index in [2.05, 4.69) is 25.4 Å². The molecular formula is C19H16BrN5O4Zn. The molecule has 0 aliphatic carbocycles. The molecule has 150 valence electrons. The maximum Gasteiger partial charge on any atom is 2.00 e. The summed E-state index contributed by atoms with van der Waals surface area (Å²) in [4.78, 5) is 22.3. The van der Waals surface area contributed by atoms with Gasteiger partial charge in [0.15, 0.2) is 0 Å². The van der Waals surface area contributed by atoms with Crippen molar-refractivity contribution in [3.63, 3.8) is 0 Å². The van der Waals surface area contributed by atoms with Gasteiger partial charge in [-0.1, -0.05) is 12.1 Å². The normalized spacial score (nSPS) is 7.80. The van der Waals surface area contributed by atoms with Crippen molar-refractivity contribution >= 4 is 39.2 Å². The fraction of sp³-hybridized carbons (Fsp3) is 0.105. The first kappa shape index (κ1) is 31.3. The third-order valence-corrected chi connectivity index (χ3v) is 3.70. The van der Waals surface area contributed by atoms with E-state index in [0.717, 1.165) is 0 Å². The summed E-state index contributed by atoms with van der Waals surface area (Å²) in [5, 5.41) is 21.2. The molecule has 2 aromatic rings. The molecule has 0 saturated heterocycles. The fourth-order valence-corrected chi connectivity index (χ4v) is 2.39. The molecule has 0 fully saturated rings. The Kier molecular flexibility index (Phi) is 18.4. The van der Waals surface area contributed by atoms with Crippen LogP contribution in [0.1, 0.15) is 26.3 Å². The summed E-state index contributed by atoms with van der Waals surface area (Å²) < 4.78 is 9.69. The molecule has 0 unspecified atom stereocenters. The van der Waals surface area contributed by atoms with E-state index < -0.39 is 11.9 Å². The minimum Gasteiger partial charge on any atom is -0.512 e. The van der Waals surface area contributed by atoms with Gasteiger partial charge in [-0.2, -0.15) is 5.26 Å². The van der Waals surface area contributed by atoms with Gasteiger partial charge in [0.05, 0.1) is 25.3 Å². The van der Waals surface area contributed by atoms with Crippen LogP contribution in [0.4, 0.5) is 11.4 Å². The molecule has 4 N–H and O–H groups in total. The minimum atomic E-state index is -0.588. The van der Waals surface area contributed by atoms with Gasteiger partial charge in [0.2, 0.25) is 0 Å². The molecule has 0 saturated carbocycles.